The molecule has 4 heteroatoms. The molecule has 2 rings (SSSR count). The molecule has 1 aromatic heterocycles. The molecule has 3 nitrogen and oxygen atoms in total. The average Bonchev–Trinajstić information content (AvgIpc) is 2.29. The second-order valence-corrected chi connectivity index (χ2v) is 5.06. The summed E-state index contributed by atoms with van der Waals surface area (Å²) in [5.74, 6) is 0. The molecule has 0 aliphatic heterocycles. The minimum Gasteiger partial charge on any atom is -0.295 e. The van der Waals surface area contributed by atoms with Gasteiger partial charge in [0.1, 0.15) is 0 Å². The van der Waals surface area contributed by atoms with E-state index in [1.165, 1.54) is 5.57 Å². The Kier molecular flexibility index (Phi) is 3.43. The van der Waals surface area contributed by atoms with Crippen molar-refractivity contribution in [2.75, 3.05) is 0 Å². The summed E-state index contributed by atoms with van der Waals surface area (Å²) in [6.45, 7) is 4.59. The Balaban J connectivity index is 2.57. The van der Waals surface area contributed by atoms with Crippen LogP contribution in [0.4, 0.5) is 0 Å². The normalized spacial score (nSPS) is 10.5. The predicted molar refractivity (Wildman–Crippen MR) is 73.1 cm³/mol. The van der Waals surface area contributed by atoms with Gasteiger partial charge in [0.05, 0.1) is 17.2 Å². The highest BCUT2D eigenvalue weighted by molar-refractivity contribution is 9.10. The summed E-state index contributed by atoms with van der Waals surface area (Å²) in [4.78, 5) is 16.4. The maximum absolute atomic E-state index is 12.2. The van der Waals surface area contributed by atoms with Crippen LogP contribution >= 0.6 is 15.9 Å². The molecule has 0 saturated carbocycles. The zero-order valence-electron chi connectivity index (χ0n) is 9.77. The van der Waals surface area contributed by atoms with Gasteiger partial charge in [-0.3, -0.25) is 9.36 Å². The first-order valence-electron chi connectivity index (χ1n) is 5.36. The largest absolute Gasteiger partial charge is 0.295 e. The molecule has 0 atom stereocenters. The summed E-state index contributed by atoms with van der Waals surface area (Å²) in [5, 5.41) is 0.643. The van der Waals surface area contributed by atoms with Crippen LogP contribution in [0.1, 0.15) is 13.8 Å². The summed E-state index contributed by atoms with van der Waals surface area (Å²) < 4.78 is 2.51. The third kappa shape index (κ3) is 2.64. The number of hydrogen-bond donors (Lipinski definition) is 0. The van der Waals surface area contributed by atoms with Crippen molar-refractivity contribution in [3.05, 3.63) is 51.0 Å². The Morgan fingerprint density at radius 2 is 2.24 bits per heavy atom. The summed E-state index contributed by atoms with van der Waals surface area (Å²) >= 11 is 3.37. The molecular weight excluding hydrogens is 280 g/mol. The Morgan fingerprint density at radius 1 is 1.47 bits per heavy atom. The molecule has 0 saturated heterocycles. The molecule has 1 heterocycles. The first-order valence-corrected chi connectivity index (χ1v) is 6.15. The molecule has 0 aliphatic carbocycles. The lowest BCUT2D eigenvalue weighted by molar-refractivity contribution is 0.762. The van der Waals surface area contributed by atoms with Gasteiger partial charge >= 0.3 is 0 Å². The molecule has 0 aliphatic rings. The number of benzene rings is 1. The van der Waals surface area contributed by atoms with Crippen LogP contribution in [-0.4, -0.2) is 9.55 Å². The van der Waals surface area contributed by atoms with E-state index in [2.05, 4.69) is 20.9 Å². The van der Waals surface area contributed by atoms with E-state index in [9.17, 15) is 4.79 Å². The summed E-state index contributed by atoms with van der Waals surface area (Å²) in [7, 11) is 0. The van der Waals surface area contributed by atoms with Gasteiger partial charge in [0.25, 0.3) is 5.56 Å². The summed E-state index contributed by atoms with van der Waals surface area (Å²) in [5.41, 5.74) is 1.91. The Hall–Kier alpha value is -1.42. The van der Waals surface area contributed by atoms with Crippen LogP contribution < -0.4 is 5.56 Å². The predicted octanol–water partition coefficient (Wildman–Crippen LogP) is 3.13. The zero-order chi connectivity index (χ0) is 12.4. The number of hydrogen-bond acceptors (Lipinski definition) is 2. The van der Waals surface area contributed by atoms with Gasteiger partial charge in [0, 0.05) is 11.0 Å². The first-order chi connectivity index (χ1) is 8.08. The van der Waals surface area contributed by atoms with Crippen molar-refractivity contribution in [3.63, 3.8) is 0 Å². The third-order valence-electron chi connectivity index (χ3n) is 2.48. The lowest BCUT2D eigenvalue weighted by atomic mass is 10.2. The Labute approximate surface area is 108 Å². The maximum Gasteiger partial charge on any atom is 0.261 e. The minimum atomic E-state index is -0.00574. The molecule has 0 amide bonds. The maximum atomic E-state index is 12.2. The molecule has 2 aromatic rings. The van der Waals surface area contributed by atoms with Crippen LogP contribution in [0, 0.1) is 0 Å². The molecule has 0 fully saturated rings. The monoisotopic (exact) mass is 292 g/mol. The molecule has 0 radical (unpaired) electrons. The lowest BCUT2D eigenvalue weighted by Crippen LogP contribution is -2.19. The van der Waals surface area contributed by atoms with Crippen molar-refractivity contribution < 1.29 is 0 Å². The number of rotatable bonds is 2. The Morgan fingerprint density at radius 3 is 2.94 bits per heavy atom. The van der Waals surface area contributed by atoms with Crippen LogP contribution in [0.15, 0.2) is 45.4 Å². The van der Waals surface area contributed by atoms with Crippen molar-refractivity contribution >= 4 is 26.8 Å². The van der Waals surface area contributed by atoms with Crippen LogP contribution in [0.2, 0.25) is 0 Å². The second kappa shape index (κ2) is 4.84. The number of halogens is 1. The van der Waals surface area contributed by atoms with E-state index in [0.29, 0.717) is 11.9 Å². The highest BCUT2D eigenvalue weighted by Crippen LogP contribution is 2.14. The molecule has 88 valence electrons. The first kappa shape index (κ1) is 12.0. The SMILES string of the molecule is CC(C)=CCn1cnc2ccc(Br)cc2c1=O. The molecule has 0 bridgehead atoms. The van der Waals surface area contributed by atoms with Gasteiger partial charge < -0.3 is 0 Å². The van der Waals surface area contributed by atoms with Gasteiger partial charge in [0.15, 0.2) is 0 Å². The fraction of sp³-hybridized carbons (Fsp3) is 0.231. The molecule has 0 spiro atoms. The van der Waals surface area contributed by atoms with E-state index in [1.807, 2.05) is 38.1 Å². The molecule has 0 unspecified atom stereocenters. The van der Waals surface area contributed by atoms with E-state index in [4.69, 9.17) is 0 Å². The van der Waals surface area contributed by atoms with E-state index in [0.717, 1.165) is 9.99 Å². The summed E-state index contributed by atoms with van der Waals surface area (Å²) in [6.07, 6.45) is 3.60. The zero-order valence-corrected chi connectivity index (χ0v) is 11.4. The fourth-order valence-corrected chi connectivity index (χ4v) is 1.90. The summed E-state index contributed by atoms with van der Waals surface area (Å²) in [6, 6.07) is 5.53. The smallest absolute Gasteiger partial charge is 0.261 e. The standard InChI is InChI=1S/C13H13BrN2O/c1-9(2)5-6-16-8-15-12-4-3-10(14)7-11(12)13(16)17/h3-5,7-8H,6H2,1-2H3. The topological polar surface area (TPSA) is 34.9 Å². The van der Waals surface area contributed by atoms with Crippen LogP contribution in [-0.2, 0) is 6.54 Å². The Bertz CT molecular complexity index is 639. The highest BCUT2D eigenvalue weighted by atomic mass is 79.9. The van der Waals surface area contributed by atoms with Crippen LogP contribution in [0.25, 0.3) is 10.9 Å². The van der Waals surface area contributed by atoms with E-state index < -0.39 is 0 Å². The average molecular weight is 293 g/mol. The van der Waals surface area contributed by atoms with Gasteiger partial charge in [-0.1, -0.05) is 27.6 Å². The van der Waals surface area contributed by atoms with Crippen molar-refractivity contribution in [2.45, 2.75) is 20.4 Å². The fourth-order valence-electron chi connectivity index (χ4n) is 1.54. The van der Waals surface area contributed by atoms with Crippen molar-refractivity contribution in [3.8, 4) is 0 Å². The van der Waals surface area contributed by atoms with Gasteiger partial charge in [-0.05, 0) is 32.0 Å². The van der Waals surface area contributed by atoms with E-state index in [1.54, 1.807) is 10.9 Å². The van der Waals surface area contributed by atoms with Gasteiger partial charge in [-0.15, -0.1) is 0 Å². The number of aromatic nitrogens is 2. The molecular formula is C13H13BrN2O. The van der Waals surface area contributed by atoms with Gasteiger partial charge in [0.2, 0.25) is 0 Å². The van der Waals surface area contributed by atoms with E-state index >= 15 is 0 Å². The third-order valence-corrected chi connectivity index (χ3v) is 2.98. The number of fused-ring (bicyclic) bond motifs is 1. The van der Waals surface area contributed by atoms with Gasteiger partial charge in [-0.25, -0.2) is 4.98 Å². The second-order valence-electron chi connectivity index (χ2n) is 4.15. The minimum absolute atomic E-state index is 0.00574. The van der Waals surface area contributed by atoms with E-state index in [-0.39, 0.29) is 5.56 Å². The van der Waals surface area contributed by atoms with Crippen LogP contribution in [0.5, 0.6) is 0 Å². The number of nitrogens with zero attached hydrogens (tertiary/aromatic N) is 2. The van der Waals surface area contributed by atoms with Crippen molar-refractivity contribution in [1.82, 2.24) is 9.55 Å². The number of allylic oxidation sites excluding steroid dienone is 2. The van der Waals surface area contributed by atoms with Crippen LogP contribution in [0.3, 0.4) is 0 Å². The highest BCUT2D eigenvalue weighted by Gasteiger charge is 2.03. The van der Waals surface area contributed by atoms with Gasteiger partial charge in [-0.2, -0.15) is 0 Å². The van der Waals surface area contributed by atoms with Crippen molar-refractivity contribution in [1.29, 1.82) is 0 Å². The molecule has 17 heavy (non-hydrogen) atoms. The quantitative estimate of drug-likeness (QED) is 0.797. The van der Waals surface area contributed by atoms with Crippen molar-refractivity contribution in [2.24, 2.45) is 0 Å². The lowest BCUT2D eigenvalue weighted by Gasteiger charge is -2.04. The molecule has 1 aromatic carbocycles. The molecule has 0 N–H and O–H groups in total.